The quantitative estimate of drug-likeness (QED) is 0.727. The number of fused-ring (bicyclic) bond motifs is 4. The van der Waals surface area contributed by atoms with Crippen LogP contribution < -0.4 is 16.4 Å². The number of anilines is 1. The summed E-state index contributed by atoms with van der Waals surface area (Å²) < 4.78 is 0. The van der Waals surface area contributed by atoms with Crippen LogP contribution in [0.3, 0.4) is 0 Å². The van der Waals surface area contributed by atoms with Gasteiger partial charge in [0.25, 0.3) is 5.91 Å². The number of nitrogens with two attached hydrogens (primary N) is 1. The highest BCUT2D eigenvalue weighted by Crippen LogP contribution is 2.20. The van der Waals surface area contributed by atoms with Crippen molar-refractivity contribution >= 4 is 17.5 Å². The minimum absolute atomic E-state index is 0.00784. The lowest BCUT2D eigenvalue weighted by atomic mass is 10.1. The summed E-state index contributed by atoms with van der Waals surface area (Å²) in [4.78, 5) is 29.1. The molecule has 3 heterocycles. The number of rotatable bonds is 5. The van der Waals surface area contributed by atoms with E-state index in [1.165, 1.54) is 6.20 Å². The summed E-state index contributed by atoms with van der Waals surface area (Å²) in [6.45, 7) is 3.88. The zero-order valence-electron chi connectivity index (χ0n) is 14.3. The first-order chi connectivity index (χ1) is 12.2. The molecule has 7 heteroatoms. The molecule has 1 aromatic carbocycles. The summed E-state index contributed by atoms with van der Waals surface area (Å²) in [6, 6.07) is 7.34. The molecule has 0 atom stereocenters. The third-order valence-corrected chi connectivity index (χ3v) is 4.87. The van der Waals surface area contributed by atoms with Gasteiger partial charge in [-0.3, -0.25) is 9.59 Å². The predicted molar refractivity (Wildman–Crippen MR) is 96.9 cm³/mol. The molecule has 0 radical (unpaired) electrons. The Morgan fingerprint density at radius 3 is 2.52 bits per heavy atom. The zero-order valence-corrected chi connectivity index (χ0v) is 14.3. The lowest BCUT2D eigenvalue weighted by Gasteiger charge is -2.31. The van der Waals surface area contributed by atoms with Crippen LogP contribution in [-0.4, -0.2) is 60.4 Å². The van der Waals surface area contributed by atoms with Crippen molar-refractivity contribution in [3.63, 3.8) is 0 Å². The van der Waals surface area contributed by atoms with Gasteiger partial charge < -0.3 is 26.2 Å². The maximum Gasteiger partial charge on any atom is 0.251 e. The van der Waals surface area contributed by atoms with Crippen LogP contribution in [0, 0.1) is 0 Å². The van der Waals surface area contributed by atoms with Crippen LogP contribution in [0.4, 0.5) is 5.69 Å². The SMILES string of the molecule is N/C=C\Nc1ccc(C(=O)NCC(=O)N2CCN3CCC2CC3)cc1. The maximum atomic E-state index is 12.5. The minimum Gasteiger partial charge on any atom is -0.403 e. The topological polar surface area (TPSA) is 90.7 Å². The molecule has 0 aromatic heterocycles. The molecule has 0 unspecified atom stereocenters. The highest BCUT2D eigenvalue weighted by atomic mass is 16.2. The van der Waals surface area contributed by atoms with Gasteiger partial charge in [-0.05, 0) is 37.1 Å². The summed E-state index contributed by atoms with van der Waals surface area (Å²) in [6.07, 6.45) is 5.08. The summed E-state index contributed by atoms with van der Waals surface area (Å²) in [5.41, 5.74) is 6.63. The Labute approximate surface area is 147 Å². The van der Waals surface area contributed by atoms with Gasteiger partial charge in [-0.1, -0.05) is 0 Å². The Bertz CT molecular complexity index is 635. The highest BCUT2D eigenvalue weighted by molar-refractivity contribution is 5.96. The second-order valence-corrected chi connectivity index (χ2v) is 6.42. The van der Waals surface area contributed by atoms with Gasteiger partial charge >= 0.3 is 0 Å². The van der Waals surface area contributed by atoms with Crippen LogP contribution in [0.15, 0.2) is 36.7 Å². The van der Waals surface area contributed by atoms with Crippen molar-refractivity contribution in [3.8, 4) is 0 Å². The molecule has 1 aromatic rings. The van der Waals surface area contributed by atoms with E-state index in [1.54, 1.807) is 30.5 Å². The van der Waals surface area contributed by atoms with Gasteiger partial charge in [0.15, 0.2) is 0 Å². The van der Waals surface area contributed by atoms with Crippen LogP contribution in [0.1, 0.15) is 23.2 Å². The number of carbonyl (C=O) groups excluding carboxylic acids is 2. The third kappa shape index (κ3) is 4.30. The molecule has 4 N–H and O–H groups in total. The number of hydrogen-bond donors (Lipinski definition) is 3. The first-order valence-corrected chi connectivity index (χ1v) is 8.71. The van der Waals surface area contributed by atoms with Crippen LogP contribution in [-0.2, 0) is 4.79 Å². The Morgan fingerprint density at radius 2 is 1.84 bits per heavy atom. The van der Waals surface area contributed by atoms with E-state index in [2.05, 4.69) is 15.5 Å². The van der Waals surface area contributed by atoms with E-state index in [9.17, 15) is 9.59 Å². The molecule has 7 nitrogen and oxygen atoms in total. The molecule has 2 bridgehead atoms. The number of piperidine rings is 1. The predicted octanol–water partition coefficient (Wildman–Crippen LogP) is 0.565. The molecule has 3 aliphatic heterocycles. The molecule has 2 amide bonds. The van der Waals surface area contributed by atoms with Crippen molar-refractivity contribution in [2.24, 2.45) is 5.73 Å². The fraction of sp³-hybridized carbons (Fsp3) is 0.444. The lowest BCUT2D eigenvalue weighted by Crippen LogP contribution is -2.46. The number of carbonyl (C=O) groups is 2. The number of nitrogens with zero attached hydrogens (tertiary/aromatic N) is 2. The van der Waals surface area contributed by atoms with Crippen molar-refractivity contribution in [3.05, 3.63) is 42.2 Å². The second-order valence-electron chi connectivity index (χ2n) is 6.42. The van der Waals surface area contributed by atoms with E-state index < -0.39 is 0 Å². The monoisotopic (exact) mass is 343 g/mol. The lowest BCUT2D eigenvalue weighted by molar-refractivity contribution is -0.132. The average Bonchev–Trinajstić information content (AvgIpc) is 2.98. The minimum atomic E-state index is -0.239. The fourth-order valence-corrected chi connectivity index (χ4v) is 3.44. The van der Waals surface area contributed by atoms with E-state index >= 15 is 0 Å². The molecule has 3 saturated heterocycles. The molecule has 25 heavy (non-hydrogen) atoms. The van der Waals surface area contributed by atoms with Gasteiger partial charge in [0.05, 0.1) is 6.54 Å². The van der Waals surface area contributed by atoms with Crippen molar-refractivity contribution < 1.29 is 9.59 Å². The van der Waals surface area contributed by atoms with Crippen molar-refractivity contribution in [1.29, 1.82) is 0 Å². The standard InChI is InChI=1S/C18H25N5O2/c19-7-8-20-15-3-1-14(2-4-15)18(25)21-13-17(24)23-12-11-22-9-5-16(23)6-10-22/h1-4,7-8,16,20H,5-6,9-13,19H2,(H,21,25)/b8-7-. The van der Waals surface area contributed by atoms with Crippen LogP contribution >= 0.6 is 0 Å². The molecule has 0 aliphatic carbocycles. The van der Waals surface area contributed by atoms with Gasteiger partial charge in [0.2, 0.25) is 5.91 Å². The van der Waals surface area contributed by atoms with Crippen molar-refractivity contribution in [2.45, 2.75) is 18.9 Å². The van der Waals surface area contributed by atoms with E-state index in [0.717, 1.165) is 44.7 Å². The number of hydrogen-bond acceptors (Lipinski definition) is 5. The number of nitrogens with one attached hydrogen (secondary N) is 2. The number of benzene rings is 1. The molecular weight excluding hydrogens is 318 g/mol. The fourth-order valence-electron chi connectivity index (χ4n) is 3.44. The third-order valence-electron chi connectivity index (χ3n) is 4.87. The van der Waals surface area contributed by atoms with Gasteiger partial charge in [0, 0.05) is 55.9 Å². The van der Waals surface area contributed by atoms with E-state index in [0.29, 0.717) is 11.6 Å². The van der Waals surface area contributed by atoms with Gasteiger partial charge in [0.1, 0.15) is 0 Å². The molecule has 4 rings (SSSR count). The van der Waals surface area contributed by atoms with E-state index in [4.69, 9.17) is 5.73 Å². The van der Waals surface area contributed by atoms with Crippen LogP contribution in [0.25, 0.3) is 0 Å². The molecule has 0 spiro atoms. The summed E-state index contributed by atoms with van der Waals surface area (Å²) in [5, 5.41) is 5.71. The van der Waals surface area contributed by atoms with E-state index in [1.807, 2.05) is 4.90 Å². The molecule has 3 aliphatic rings. The van der Waals surface area contributed by atoms with Gasteiger partial charge in [-0.15, -0.1) is 0 Å². The Hall–Kier alpha value is -2.54. The summed E-state index contributed by atoms with van der Waals surface area (Å²) in [5.74, 6) is -0.231. The second kappa shape index (κ2) is 8.02. The Morgan fingerprint density at radius 1 is 1.12 bits per heavy atom. The molecule has 134 valence electrons. The Kier molecular flexibility index (Phi) is 5.55. The highest BCUT2D eigenvalue weighted by Gasteiger charge is 2.31. The Balaban J connectivity index is 1.52. The summed E-state index contributed by atoms with van der Waals surface area (Å²) >= 11 is 0. The molecule has 3 fully saturated rings. The first kappa shape index (κ1) is 17.3. The van der Waals surface area contributed by atoms with Crippen molar-refractivity contribution in [1.82, 2.24) is 15.1 Å². The maximum absolute atomic E-state index is 12.5. The average molecular weight is 343 g/mol. The zero-order chi connectivity index (χ0) is 17.6. The van der Waals surface area contributed by atoms with Gasteiger partial charge in [-0.2, -0.15) is 0 Å². The van der Waals surface area contributed by atoms with Gasteiger partial charge in [-0.25, -0.2) is 0 Å². The first-order valence-electron chi connectivity index (χ1n) is 8.71. The largest absolute Gasteiger partial charge is 0.403 e. The van der Waals surface area contributed by atoms with Crippen molar-refractivity contribution in [2.75, 3.05) is 38.0 Å². The smallest absolute Gasteiger partial charge is 0.251 e. The van der Waals surface area contributed by atoms with E-state index in [-0.39, 0.29) is 18.4 Å². The number of amides is 2. The normalized spacial score (nSPS) is 22.6. The van der Waals surface area contributed by atoms with Crippen LogP contribution in [0.2, 0.25) is 0 Å². The molecule has 0 saturated carbocycles. The van der Waals surface area contributed by atoms with Crippen LogP contribution in [0.5, 0.6) is 0 Å². The summed E-state index contributed by atoms with van der Waals surface area (Å²) in [7, 11) is 0. The molecular formula is C18H25N5O2.